The zero-order valence-electron chi connectivity index (χ0n) is 8.77. The first-order valence-electron chi connectivity index (χ1n) is 4.84. The minimum atomic E-state index is -0.347. The highest BCUT2D eigenvalue weighted by atomic mass is 16.1. The highest BCUT2D eigenvalue weighted by Gasteiger charge is 2.24. The second-order valence-electron chi connectivity index (χ2n) is 4.08. The van der Waals surface area contributed by atoms with Gasteiger partial charge in [-0.15, -0.1) is 0 Å². The van der Waals surface area contributed by atoms with Crippen LogP contribution in [0.1, 0.15) is 24.2 Å². The number of azo groups is 1. The van der Waals surface area contributed by atoms with Gasteiger partial charge in [0, 0.05) is 5.56 Å². The maximum absolute atomic E-state index is 11.9. The van der Waals surface area contributed by atoms with Gasteiger partial charge in [-0.1, -0.05) is 30.3 Å². The van der Waals surface area contributed by atoms with Gasteiger partial charge >= 0.3 is 0 Å². The lowest BCUT2D eigenvalue weighted by atomic mass is 10.0. The van der Waals surface area contributed by atoms with E-state index >= 15 is 0 Å². The highest BCUT2D eigenvalue weighted by molar-refractivity contribution is 6.08. The zero-order chi connectivity index (χ0) is 10.9. The van der Waals surface area contributed by atoms with E-state index in [0.717, 1.165) is 0 Å². The predicted octanol–water partition coefficient (Wildman–Crippen LogP) is 3.00. The minimum absolute atomic E-state index is 0.0649. The monoisotopic (exact) mass is 200 g/mol. The van der Waals surface area contributed by atoms with E-state index in [4.69, 9.17) is 0 Å². The smallest absolute Gasteiger partial charge is 0.212 e. The Kier molecular flexibility index (Phi) is 2.23. The number of allylic oxidation sites excluding steroid dienone is 1. The molecule has 0 aromatic heterocycles. The van der Waals surface area contributed by atoms with E-state index in [9.17, 15) is 4.79 Å². The van der Waals surface area contributed by atoms with Crippen molar-refractivity contribution in [2.75, 3.05) is 0 Å². The van der Waals surface area contributed by atoms with Gasteiger partial charge < -0.3 is 0 Å². The number of nitrogens with zero attached hydrogens (tertiary/aromatic N) is 2. The second-order valence-corrected chi connectivity index (χ2v) is 4.08. The maximum atomic E-state index is 11.9. The topological polar surface area (TPSA) is 41.8 Å². The van der Waals surface area contributed by atoms with Crippen LogP contribution in [0.15, 0.2) is 52.3 Å². The highest BCUT2D eigenvalue weighted by Crippen LogP contribution is 2.24. The summed E-state index contributed by atoms with van der Waals surface area (Å²) in [6, 6.07) is 9.12. The van der Waals surface area contributed by atoms with Gasteiger partial charge in [0.15, 0.2) is 0 Å². The van der Waals surface area contributed by atoms with Crippen LogP contribution >= 0.6 is 0 Å². The second kappa shape index (κ2) is 3.42. The largest absolute Gasteiger partial charge is 0.287 e. The fourth-order valence-electron chi connectivity index (χ4n) is 1.42. The third-order valence-corrected chi connectivity index (χ3v) is 2.17. The Hall–Kier alpha value is -1.77. The summed E-state index contributed by atoms with van der Waals surface area (Å²) >= 11 is 0. The number of ketones is 1. The van der Waals surface area contributed by atoms with Crippen molar-refractivity contribution in [1.29, 1.82) is 0 Å². The van der Waals surface area contributed by atoms with Crippen LogP contribution in [0, 0.1) is 0 Å². The van der Waals surface area contributed by atoms with E-state index < -0.39 is 0 Å². The molecular weight excluding hydrogens is 188 g/mol. The molecule has 0 spiro atoms. The van der Waals surface area contributed by atoms with Crippen LogP contribution in [0.5, 0.6) is 0 Å². The number of Topliss-reactive ketones (excluding diaryl/α,β-unsaturated/α-hetero) is 1. The summed E-state index contributed by atoms with van der Waals surface area (Å²) in [5, 5.41) is 7.91. The lowest BCUT2D eigenvalue weighted by Gasteiger charge is -2.05. The molecule has 0 unspecified atom stereocenters. The van der Waals surface area contributed by atoms with Crippen molar-refractivity contribution < 1.29 is 4.79 Å². The molecule has 1 aliphatic heterocycles. The number of hydrogen-bond donors (Lipinski definition) is 0. The molecule has 2 rings (SSSR count). The summed E-state index contributed by atoms with van der Waals surface area (Å²) < 4.78 is 0. The van der Waals surface area contributed by atoms with Crippen molar-refractivity contribution in [3.8, 4) is 0 Å². The fourth-order valence-corrected chi connectivity index (χ4v) is 1.42. The van der Waals surface area contributed by atoms with Gasteiger partial charge in [-0.2, -0.15) is 10.2 Å². The molecule has 3 heteroatoms. The van der Waals surface area contributed by atoms with Crippen LogP contribution in [0.3, 0.4) is 0 Å². The van der Waals surface area contributed by atoms with Gasteiger partial charge in [0.1, 0.15) is 5.70 Å². The summed E-state index contributed by atoms with van der Waals surface area (Å²) in [5.74, 6) is -0.0649. The van der Waals surface area contributed by atoms with Gasteiger partial charge in [0.25, 0.3) is 0 Å². The molecule has 3 nitrogen and oxygen atoms in total. The van der Waals surface area contributed by atoms with Crippen molar-refractivity contribution in [2.45, 2.75) is 19.4 Å². The zero-order valence-corrected chi connectivity index (χ0v) is 8.77. The Morgan fingerprint density at radius 3 is 2.40 bits per heavy atom. The van der Waals surface area contributed by atoms with E-state index in [1.165, 1.54) is 0 Å². The van der Waals surface area contributed by atoms with E-state index in [0.29, 0.717) is 11.3 Å². The molecule has 76 valence electrons. The molecular formula is C12H12N2O. The third-order valence-electron chi connectivity index (χ3n) is 2.17. The summed E-state index contributed by atoms with van der Waals surface area (Å²) in [7, 11) is 0. The van der Waals surface area contributed by atoms with Crippen molar-refractivity contribution >= 4 is 5.78 Å². The number of rotatable bonds is 2. The molecule has 0 saturated carbocycles. The Balaban J connectivity index is 2.29. The maximum Gasteiger partial charge on any atom is 0.212 e. The molecule has 0 fully saturated rings. The normalized spacial score (nSPS) is 17.6. The van der Waals surface area contributed by atoms with Crippen molar-refractivity contribution in [3.63, 3.8) is 0 Å². The molecule has 0 N–H and O–H groups in total. The molecule has 1 aliphatic rings. The van der Waals surface area contributed by atoms with Crippen LogP contribution in [0.25, 0.3) is 0 Å². The Labute approximate surface area is 88.5 Å². The van der Waals surface area contributed by atoms with Gasteiger partial charge in [0.05, 0.1) is 5.54 Å². The van der Waals surface area contributed by atoms with E-state index in [1.54, 1.807) is 18.2 Å². The van der Waals surface area contributed by atoms with Gasteiger partial charge in [-0.3, -0.25) is 4.79 Å². The van der Waals surface area contributed by atoms with Crippen molar-refractivity contribution in [2.24, 2.45) is 10.2 Å². The number of carbonyl (C=O) groups is 1. The molecule has 0 bridgehead atoms. The lowest BCUT2D eigenvalue weighted by Crippen LogP contribution is -2.09. The number of benzene rings is 1. The molecule has 0 atom stereocenters. The Bertz CT molecular complexity index is 444. The minimum Gasteiger partial charge on any atom is -0.287 e. The van der Waals surface area contributed by atoms with Crippen LogP contribution < -0.4 is 0 Å². The summed E-state index contributed by atoms with van der Waals surface area (Å²) in [6.45, 7) is 3.84. The molecule has 1 aromatic carbocycles. The lowest BCUT2D eigenvalue weighted by molar-refractivity contribution is 0.103. The number of hydrogen-bond acceptors (Lipinski definition) is 3. The van der Waals surface area contributed by atoms with E-state index in [-0.39, 0.29) is 11.3 Å². The third kappa shape index (κ3) is 2.01. The van der Waals surface area contributed by atoms with Crippen molar-refractivity contribution in [1.82, 2.24) is 0 Å². The standard InChI is InChI=1S/C12H12N2O/c1-12(2)8-10(13-14-12)11(15)9-6-4-3-5-7-9/h3-8H,1-2H3. The van der Waals surface area contributed by atoms with Gasteiger partial charge in [-0.05, 0) is 19.9 Å². The average Bonchev–Trinajstić information content (AvgIpc) is 2.59. The molecule has 0 aliphatic carbocycles. The van der Waals surface area contributed by atoms with E-state index in [1.807, 2.05) is 32.0 Å². The molecule has 0 radical (unpaired) electrons. The Morgan fingerprint density at radius 1 is 1.20 bits per heavy atom. The fraction of sp³-hybridized carbons (Fsp3) is 0.250. The molecule has 1 heterocycles. The summed E-state index contributed by atoms with van der Waals surface area (Å²) in [5.41, 5.74) is 0.742. The quantitative estimate of drug-likeness (QED) is 0.676. The van der Waals surface area contributed by atoms with E-state index in [2.05, 4.69) is 10.2 Å². The van der Waals surface area contributed by atoms with Crippen LogP contribution in [0.2, 0.25) is 0 Å². The Morgan fingerprint density at radius 2 is 1.87 bits per heavy atom. The summed E-state index contributed by atoms with van der Waals surface area (Å²) in [4.78, 5) is 11.9. The molecule has 0 amide bonds. The van der Waals surface area contributed by atoms with Crippen molar-refractivity contribution in [3.05, 3.63) is 47.7 Å². The summed E-state index contributed by atoms with van der Waals surface area (Å²) in [6.07, 6.45) is 1.79. The van der Waals surface area contributed by atoms with Crippen LogP contribution in [-0.2, 0) is 0 Å². The SMILES string of the molecule is CC1(C)C=C(C(=O)c2ccccc2)N=N1. The first-order valence-corrected chi connectivity index (χ1v) is 4.84. The molecule has 0 saturated heterocycles. The van der Waals surface area contributed by atoms with Crippen LogP contribution in [0.4, 0.5) is 0 Å². The molecule has 15 heavy (non-hydrogen) atoms. The number of carbonyl (C=O) groups excluding carboxylic acids is 1. The first kappa shape index (κ1) is 9.77. The first-order chi connectivity index (χ1) is 7.08. The van der Waals surface area contributed by atoms with Gasteiger partial charge in [-0.25, -0.2) is 0 Å². The van der Waals surface area contributed by atoms with Gasteiger partial charge in [0.2, 0.25) is 5.78 Å². The molecule has 1 aromatic rings. The predicted molar refractivity (Wildman–Crippen MR) is 57.8 cm³/mol. The average molecular weight is 200 g/mol. The van der Waals surface area contributed by atoms with Crippen LogP contribution in [-0.4, -0.2) is 11.3 Å².